The van der Waals surface area contributed by atoms with E-state index in [1.54, 1.807) is 0 Å². The van der Waals surface area contributed by atoms with E-state index < -0.39 is 0 Å². The number of aromatic nitrogens is 2. The van der Waals surface area contributed by atoms with Gasteiger partial charge in [0.25, 0.3) is 0 Å². The molecule has 0 saturated heterocycles. The smallest absolute Gasteiger partial charge is 0.223 e. The normalized spacial score (nSPS) is 17.2. The molecule has 2 rings (SSSR count). The highest BCUT2D eigenvalue weighted by molar-refractivity contribution is 4.83. The summed E-state index contributed by atoms with van der Waals surface area (Å²) in [5.41, 5.74) is 0. The Morgan fingerprint density at radius 3 is 2.56 bits per heavy atom. The summed E-state index contributed by atoms with van der Waals surface area (Å²) >= 11 is 0. The van der Waals surface area contributed by atoms with Crippen LogP contribution in [0.1, 0.15) is 37.4 Å². The molecule has 5 heteroatoms. The van der Waals surface area contributed by atoms with Crippen molar-refractivity contribution in [2.24, 2.45) is 0 Å². The van der Waals surface area contributed by atoms with E-state index in [2.05, 4.69) is 34.0 Å². The molecular formula is C13H24N4O. The first kappa shape index (κ1) is 13.5. The quantitative estimate of drug-likeness (QED) is 0.771. The second-order valence-corrected chi connectivity index (χ2v) is 5.39. The SMILES string of the molecule is Cc1nc(CN(C)CCN(C)C2CCCC2)no1. The predicted molar refractivity (Wildman–Crippen MR) is 70.3 cm³/mol. The first-order valence-electron chi connectivity index (χ1n) is 6.83. The number of hydrogen-bond donors (Lipinski definition) is 0. The van der Waals surface area contributed by atoms with Crippen LogP contribution in [0.5, 0.6) is 0 Å². The molecule has 0 N–H and O–H groups in total. The molecule has 18 heavy (non-hydrogen) atoms. The lowest BCUT2D eigenvalue weighted by Gasteiger charge is -2.26. The maximum absolute atomic E-state index is 4.97. The Morgan fingerprint density at radius 2 is 1.94 bits per heavy atom. The van der Waals surface area contributed by atoms with E-state index in [0.29, 0.717) is 5.89 Å². The summed E-state index contributed by atoms with van der Waals surface area (Å²) in [7, 11) is 4.34. The summed E-state index contributed by atoms with van der Waals surface area (Å²) in [6.07, 6.45) is 5.52. The second kappa shape index (κ2) is 6.29. The van der Waals surface area contributed by atoms with Gasteiger partial charge in [-0.15, -0.1) is 0 Å². The molecule has 0 unspecified atom stereocenters. The largest absolute Gasteiger partial charge is 0.340 e. The standard InChI is InChI=1S/C13H24N4O/c1-11-14-13(15-18-11)10-16(2)8-9-17(3)12-6-4-5-7-12/h12H,4-10H2,1-3H3. The van der Waals surface area contributed by atoms with Crippen molar-refractivity contribution in [1.29, 1.82) is 0 Å². The summed E-state index contributed by atoms with van der Waals surface area (Å²) in [4.78, 5) is 8.96. The van der Waals surface area contributed by atoms with Gasteiger partial charge >= 0.3 is 0 Å². The number of aryl methyl sites for hydroxylation is 1. The number of rotatable bonds is 6. The van der Waals surface area contributed by atoms with Crippen LogP contribution < -0.4 is 0 Å². The van der Waals surface area contributed by atoms with E-state index in [1.165, 1.54) is 25.7 Å². The monoisotopic (exact) mass is 252 g/mol. The van der Waals surface area contributed by atoms with Gasteiger partial charge in [0.05, 0.1) is 6.54 Å². The highest BCUT2D eigenvalue weighted by Crippen LogP contribution is 2.21. The fourth-order valence-corrected chi connectivity index (χ4v) is 2.58. The first-order valence-corrected chi connectivity index (χ1v) is 6.83. The van der Waals surface area contributed by atoms with Gasteiger partial charge in [-0.2, -0.15) is 4.98 Å². The van der Waals surface area contributed by atoms with E-state index in [0.717, 1.165) is 31.5 Å². The molecule has 1 aliphatic rings. The van der Waals surface area contributed by atoms with E-state index in [-0.39, 0.29) is 0 Å². The molecule has 1 saturated carbocycles. The second-order valence-electron chi connectivity index (χ2n) is 5.39. The van der Waals surface area contributed by atoms with E-state index >= 15 is 0 Å². The molecule has 0 aromatic carbocycles. The van der Waals surface area contributed by atoms with Crippen molar-refractivity contribution in [3.05, 3.63) is 11.7 Å². The van der Waals surface area contributed by atoms with Crippen molar-refractivity contribution in [2.45, 2.75) is 45.2 Å². The fourth-order valence-electron chi connectivity index (χ4n) is 2.58. The van der Waals surface area contributed by atoms with Crippen molar-refractivity contribution in [1.82, 2.24) is 19.9 Å². The highest BCUT2D eigenvalue weighted by atomic mass is 16.5. The minimum absolute atomic E-state index is 0.640. The number of nitrogens with zero attached hydrogens (tertiary/aromatic N) is 4. The Balaban J connectivity index is 1.69. The summed E-state index contributed by atoms with van der Waals surface area (Å²) in [6.45, 7) is 4.73. The van der Waals surface area contributed by atoms with Crippen molar-refractivity contribution in [3.8, 4) is 0 Å². The molecule has 0 radical (unpaired) electrons. The van der Waals surface area contributed by atoms with Gasteiger partial charge in [0.2, 0.25) is 5.89 Å². The van der Waals surface area contributed by atoms with Crippen molar-refractivity contribution < 1.29 is 4.52 Å². The topological polar surface area (TPSA) is 45.4 Å². The van der Waals surface area contributed by atoms with Gasteiger partial charge in [0.1, 0.15) is 0 Å². The third kappa shape index (κ3) is 3.78. The van der Waals surface area contributed by atoms with Gasteiger partial charge in [-0.1, -0.05) is 18.0 Å². The van der Waals surface area contributed by atoms with Crippen LogP contribution in [0.25, 0.3) is 0 Å². The maximum Gasteiger partial charge on any atom is 0.223 e. The van der Waals surface area contributed by atoms with Crippen LogP contribution in [-0.4, -0.2) is 53.2 Å². The number of likely N-dealkylation sites (N-methyl/N-ethyl adjacent to an activating group) is 2. The van der Waals surface area contributed by atoms with Crippen LogP contribution in [-0.2, 0) is 6.54 Å². The summed E-state index contributed by atoms with van der Waals surface area (Å²) < 4.78 is 4.97. The minimum Gasteiger partial charge on any atom is -0.340 e. The van der Waals surface area contributed by atoms with E-state index in [4.69, 9.17) is 4.52 Å². The lowest BCUT2D eigenvalue weighted by atomic mass is 10.2. The zero-order valence-corrected chi connectivity index (χ0v) is 11.7. The third-order valence-corrected chi connectivity index (χ3v) is 3.76. The van der Waals surface area contributed by atoms with Crippen LogP contribution in [0, 0.1) is 6.92 Å². The Hall–Kier alpha value is -0.940. The Morgan fingerprint density at radius 1 is 1.22 bits per heavy atom. The van der Waals surface area contributed by atoms with Gasteiger partial charge in [-0.05, 0) is 26.9 Å². The molecular weight excluding hydrogens is 228 g/mol. The molecule has 1 aliphatic carbocycles. The van der Waals surface area contributed by atoms with Gasteiger partial charge in [-0.25, -0.2) is 0 Å². The third-order valence-electron chi connectivity index (χ3n) is 3.76. The molecule has 0 amide bonds. The fraction of sp³-hybridized carbons (Fsp3) is 0.846. The lowest BCUT2D eigenvalue weighted by Crippen LogP contribution is -2.36. The molecule has 0 bridgehead atoms. The van der Waals surface area contributed by atoms with Crippen molar-refractivity contribution in [2.75, 3.05) is 27.2 Å². The Labute approximate surface area is 109 Å². The lowest BCUT2D eigenvalue weighted by molar-refractivity contribution is 0.201. The Bertz CT molecular complexity index is 360. The van der Waals surface area contributed by atoms with Gasteiger partial charge in [0.15, 0.2) is 5.82 Å². The van der Waals surface area contributed by atoms with Crippen LogP contribution in [0.4, 0.5) is 0 Å². The average molecular weight is 252 g/mol. The molecule has 0 spiro atoms. The number of hydrogen-bond acceptors (Lipinski definition) is 5. The molecule has 0 atom stereocenters. The average Bonchev–Trinajstić information content (AvgIpc) is 2.97. The van der Waals surface area contributed by atoms with Gasteiger partial charge in [-0.3, -0.25) is 4.90 Å². The van der Waals surface area contributed by atoms with Crippen LogP contribution in [0.3, 0.4) is 0 Å². The van der Waals surface area contributed by atoms with Crippen LogP contribution in [0.2, 0.25) is 0 Å². The zero-order valence-electron chi connectivity index (χ0n) is 11.7. The zero-order chi connectivity index (χ0) is 13.0. The van der Waals surface area contributed by atoms with Crippen molar-refractivity contribution >= 4 is 0 Å². The molecule has 102 valence electrons. The van der Waals surface area contributed by atoms with E-state index in [9.17, 15) is 0 Å². The molecule has 5 nitrogen and oxygen atoms in total. The minimum atomic E-state index is 0.640. The Kier molecular flexibility index (Phi) is 4.72. The maximum atomic E-state index is 4.97. The molecule has 1 aromatic heterocycles. The van der Waals surface area contributed by atoms with Crippen molar-refractivity contribution in [3.63, 3.8) is 0 Å². The predicted octanol–water partition coefficient (Wildman–Crippen LogP) is 1.68. The molecule has 0 aliphatic heterocycles. The van der Waals surface area contributed by atoms with Gasteiger partial charge < -0.3 is 9.42 Å². The van der Waals surface area contributed by atoms with Gasteiger partial charge in [0, 0.05) is 26.1 Å². The summed E-state index contributed by atoms with van der Waals surface area (Å²) in [5.74, 6) is 1.42. The van der Waals surface area contributed by atoms with E-state index in [1.807, 2.05) is 6.92 Å². The summed E-state index contributed by atoms with van der Waals surface area (Å²) in [6, 6.07) is 0.797. The van der Waals surface area contributed by atoms with Crippen LogP contribution in [0.15, 0.2) is 4.52 Å². The molecule has 1 heterocycles. The van der Waals surface area contributed by atoms with Crippen LogP contribution >= 0.6 is 0 Å². The first-order chi connectivity index (χ1) is 8.65. The highest BCUT2D eigenvalue weighted by Gasteiger charge is 2.19. The molecule has 1 aromatic rings. The summed E-state index contributed by atoms with van der Waals surface area (Å²) in [5, 5.41) is 3.92. The molecule has 1 fully saturated rings.